The molecule has 1 N–H and O–H groups in total. The van der Waals surface area contributed by atoms with E-state index in [1.54, 1.807) is 0 Å². The molecule has 1 aliphatic rings. The molecular formula is C22H22ClF2N3O3S2. The van der Waals surface area contributed by atoms with E-state index in [-0.39, 0.29) is 23.7 Å². The van der Waals surface area contributed by atoms with Crippen LogP contribution in [-0.2, 0) is 10.0 Å². The third-order valence-corrected chi connectivity index (χ3v) is 7.95. The molecule has 0 saturated carbocycles. The van der Waals surface area contributed by atoms with Gasteiger partial charge in [0, 0.05) is 30.6 Å². The van der Waals surface area contributed by atoms with Crippen LogP contribution in [0, 0.1) is 11.6 Å². The van der Waals surface area contributed by atoms with Crippen LogP contribution in [0.25, 0.3) is 0 Å². The molecule has 6 nitrogen and oxygen atoms in total. The minimum Gasteiger partial charge on any atom is -0.489 e. The highest BCUT2D eigenvalue weighted by Crippen LogP contribution is 2.36. The fourth-order valence-corrected chi connectivity index (χ4v) is 5.79. The average Bonchev–Trinajstić information content (AvgIpc) is 3.30. The summed E-state index contributed by atoms with van der Waals surface area (Å²) in [6, 6.07) is 11.2. The lowest BCUT2D eigenvalue weighted by molar-refractivity contribution is 0.0793. The van der Waals surface area contributed by atoms with Gasteiger partial charge in [0.25, 0.3) is 10.0 Å². The SMILES string of the molecule is CC(c1ccccc1)N1CCC(Oc2cc(F)c(S(=O)(=O)Nc3cscn3)c(F)c2Cl)CC1. The fraction of sp³-hybridized carbons (Fsp3) is 0.318. The van der Waals surface area contributed by atoms with Gasteiger partial charge in [-0.1, -0.05) is 41.9 Å². The van der Waals surface area contributed by atoms with Crippen molar-refractivity contribution in [3.63, 3.8) is 0 Å². The van der Waals surface area contributed by atoms with Gasteiger partial charge in [-0.05, 0) is 25.3 Å². The topological polar surface area (TPSA) is 71.5 Å². The molecule has 4 rings (SSSR count). The summed E-state index contributed by atoms with van der Waals surface area (Å²) in [4.78, 5) is 4.91. The summed E-state index contributed by atoms with van der Waals surface area (Å²) in [7, 11) is -4.56. The van der Waals surface area contributed by atoms with Gasteiger partial charge in [-0.15, -0.1) is 11.3 Å². The van der Waals surface area contributed by atoms with Crippen molar-refractivity contribution < 1.29 is 21.9 Å². The molecule has 2 heterocycles. The maximum absolute atomic E-state index is 14.9. The van der Waals surface area contributed by atoms with E-state index in [4.69, 9.17) is 16.3 Å². The number of aromatic nitrogens is 1. The summed E-state index contributed by atoms with van der Waals surface area (Å²) in [6.07, 6.45) is 0.987. The predicted molar refractivity (Wildman–Crippen MR) is 124 cm³/mol. The van der Waals surface area contributed by atoms with Crippen LogP contribution in [0.4, 0.5) is 14.6 Å². The Hall–Kier alpha value is -2.27. The zero-order valence-electron chi connectivity index (χ0n) is 17.7. The lowest BCUT2D eigenvalue weighted by Gasteiger charge is -2.36. The Morgan fingerprint density at radius 2 is 1.94 bits per heavy atom. The predicted octanol–water partition coefficient (Wildman–Crippen LogP) is 5.48. The first-order valence-corrected chi connectivity index (χ1v) is 13.1. The van der Waals surface area contributed by atoms with Crippen molar-refractivity contribution in [1.29, 1.82) is 0 Å². The van der Waals surface area contributed by atoms with Crippen molar-refractivity contribution in [2.75, 3.05) is 17.8 Å². The van der Waals surface area contributed by atoms with Crippen molar-refractivity contribution >= 4 is 38.8 Å². The van der Waals surface area contributed by atoms with Gasteiger partial charge in [0.1, 0.15) is 16.9 Å². The molecule has 1 aromatic heterocycles. The van der Waals surface area contributed by atoms with Gasteiger partial charge in [0.15, 0.2) is 22.3 Å². The lowest BCUT2D eigenvalue weighted by atomic mass is 10.0. The van der Waals surface area contributed by atoms with Gasteiger partial charge in [0.05, 0.1) is 5.51 Å². The number of ether oxygens (including phenoxy) is 1. The molecule has 0 amide bonds. The van der Waals surface area contributed by atoms with E-state index in [0.717, 1.165) is 30.5 Å². The second-order valence-corrected chi connectivity index (χ2v) is 10.4. The van der Waals surface area contributed by atoms with Crippen molar-refractivity contribution in [3.05, 3.63) is 69.5 Å². The third kappa shape index (κ3) is 5.29. The molecule has 1 saturated heterocycles. The molecule has 11 heteroatoms. The Morgan fingerprint density at radius 3 is 2.58 bits per heavy atom. The summed E-state index contributed by atoms with van der Waals surface area (Å²) in [6.45, 7) is 3.62. The van der Waals surface area contributed by atoms with Crippen LogP contribution in [-0.4, -0.2) is 37.5 Å². The van der Waals surface area contributed by atoms with E-state index in [9.17, 15) is 17.2 Å². The first-order chi connectivity index (χ1) is 15.8. The number of benzene rings is 2. The molecule has 3 aromatic rings. The Bertz CT molecular complexity index is 1200. The zero-order valence-corrected chi connectivity index (χ0v) is 20.1. The first-order valence-electron chi connectivity index (χ1n) is 10.3. The number of piperidine rings is 1. The maximum Gasteiger partial charge on any atom is 0.269 e. The third-order valence-electron chi connectivity index (χ3n) is 5.62. The van der Waals surface area contributed by atoms with E-state index in [1.165, 1.54) is 16.5 Å². The number of halogens is 3. The number of likely N-dealkylation sites (tertiary alicyclic amines) is 1. The van der Waals surface area contributed by atoms with Crippen LogP contribution in [0.5, 0.6) is 5.75 Å². The van der Waals surface area contributed by atoms with Crippen LogP contribution >= 0.6 is 22.9 Å². The molecule has 1 atom stereocenters. The second-order valence-electron chi connectivity index (χ2n) is 7.73. The highest BCUT2D eigenvalue weighted by molar-refractivity contribution is 7.92. The van der Waals surface area contributed by atoms with Gasteiger partial charge in [-0.25, -0.2) is 22.2 Å². The molecule has 33 heavy (non-hydrogen) atoms. The Kier molecular flexibility index (Phi) is 7.18. The molecule has 0 aliphatic carbocycles. The molecule has 2 aromatic carbocycles. The van der Waals surface area contributed by atoms with E-state index >= 15 is 0 Å². The van der Waals surface area contributed by atoms with Crippen LogP contribution in [0.15, 0.2) is 52.2 Å². The smallest absolute Gasteiger partial charge is 0.269 e. The molecule has 0 bridgehead atoms. The number of nitrogens with zero attached hydrogens (tertiary/aromatic N) is 2. The zero-order chi connectivity index (χ0) is 23.6. The van der Waals surface area contributed by atoms with Crippen molar-refractivity contribution in [3.8, 4) is 5.75 Å². The van der Waals surface area contributed by atoms with E-state index < -0.39 is 31.6 Å². The number of rotatable bonds is 7. The number of hydrogen-bond acceptors (Lipinski definition) is 6. The largest absolute Gasteiger partial charge is 0.489 e. The number of thiazole rings is 1. The highest BCUT2D eigenvalue weighted by atomic mass is 35.5. The maximum atomic E-state index is 14.9. The molecule has 1 aliphatic heterocycles. The monoisotopic (exact) mass is 513 g/mol. The number of hydrogen-bond donors (Lipinski definition) is 1. The summed E-state index contributed by atoms with van der Waals surface area (Å²) in [5, 5.41) is 0.826. The summed E-state index contributed by atoms with van der Waals surface area (Å²) in [5.41, 5.74) is 2.60. The van der Waals surface area contributed by atoms with Gasteiger partial charge < -0.3 is 4.74 Å². The average molecular weight is 514 g/mol. The van der Waals surface area contributed by atoms with Gasteiger partial charge in [-0.3, -0.25) is 9.62 Å². The Labute approximate surface area is 200 Å². The number of sulfonamides is 1. The molecule has 176 valence electrons. The standard InChI is InChI=1S/C22H22ClF2N3O3S2/c1-14(15-5-3-2-4-6-15)28-9-7-16(8-10-28)31-18-11-17(24)22(21(25)20(18)23)33(29,30)27-19-12-32-13-26-19/h2-6,11-14,16,27H,7-10H2,1H3. The van der Waals surface area contributed by atoms with Crippen molar-refractivity contribution in [1.82, 2.24) is 9.88 Å². The molecule has 1 unspecified atom stereocenters. The van der Waals surface area contributed by atoms with Gasteiger partial charge in [0.2, 0.25) is 0 Å². The summed E-state index contributed by atoms with van der Waals surface area (Å²) >= 11 is 7.19. The minimum atomic E-state index is -4.56. The Morgan fingerprint density at radius 1 is 1.24 bits per heavy atom. The normalized spacial score (nSPS) is 16.5. The fourth-order valence-electron chi connectivity index (χ4n) is 3.84. The second kappa shape index (κ2) is 9.92. The minimum absolute atomic E-state index is 0.0354. The van der Waals surface area contributed by atoms with Gasteiger partial charge >= 0.3 is 0 Å². The summed E-state index contributed by atoms with van der Waals surface area (Å²) < 4.78 is 62.4. The first kappa shape index (κ1) is 23.9. The van der Waals surface area contributed by atoms with Gasteiger partial charge in [-0.2, -0.15) is 0 Å². The highest BCUT2D eigenvalue weighted by Gasteiger charge is 2.31. The molecule has 1 fully saturated rings. The quantitative estimate of drug-likeness (QED) is 0.424. The van der Waals surface area contributed by atoms with Crippen LogP contribution in [0.1, 0.15) is 31.4 Å². The molecular weight excluding hydrogens is 492 g/mol. The summed E-state index contributed by atoms with van der Waals surface area (Å²) in [5.74, 6) is -2.94. The van der Waals surface area contributed by atoms with Crippen LogP contribution < -0.4 is 9.46 Å². The molecule has 0 spiro atoms. The van der Waals surface area contributed by atoms with Crippen LogP contribution in [0.2, 0.25) is 5.02 Å². The van der Waals surface area contributed by atoms with E-state index in [0.29, 0.717) is 12.8 Å². The van der Waals surface area contributed by atoms with E-state index in [2.05, 4.69) is 28.9 Å². The van der Waals surface area contributed by atoms with Crippen LogP contribution in [0.3, 0.4) is 0 Å². The number of nitrogens with one attached hydrogen (secondary N) is 1. The number of anilines is 1. The molecule has 0 radical (unpaired) electrons. The van der Waals surface area contributed by atoms with Crippen molar-refractivity contribution in [2.45, 2.75) is 36.8 Å². The van der Waals surface area contributed by atoms with E-state index in [1.807, 2.05) is 22.9 Å². The lowest BCUT2D eigenvalue weighted by Crippen LogP contribution is -2.39. The van der Waals surface area contributed by atoms with Crippen molar-refractivity contribution in [2.24, 2.45) is 0 Å². The Balaban J connectivity index is 1.45.